The van der Waals surface area contributed by atoms with Gasteiger partial charge in [0.2, 0.25) is 0 Å². The van der Waals surface area contributed by atoms with E-state index in [1.165, 1.54) is 19.3 Å². The SMILES string of the molecule is CC1CCC(NCC(O)c2ccccc2)CC1C. The molecule has 0 aromatic heterocycles. The van der Waals surface area contributed by atoms with Gasteiger partial charge in [0.1, 0.15) is 0 Å². The van der Waals surface area contributed by atoms with E-state index in [0.29, 0.717) is 12.6 Å². The highest BCUT2D eigenvalue weighted by atomic mass is 16.3. The predicted molar refractivity (Wildman–Crippen MR) is 75.4 cm³/mol. The minimum Gasteiger partial charge on any atom is -0.387 e. The van der Waals surface area contributed by atoms with Crippen molar-refractivity contribution in [2.45, 2.75) is 45.3 Å². The van der Waals surface area contributed by atoms with Gasteiger partial charge in [-0.2, -0.15) is 0 Å². The zero-order valence-corrected chi connectivity index (χ0v) is 11.5. The Morgan fingerprint density at radius 3 is 2.56 bits per heavy atom. The summed E-state index contributed by atoms with van der Waals surface area (Å²) < 4.78 is 0. The number of aliphatic hydroxyl groups excluding tert-OH is 1. The number of hydrogen-bond donors (Lipinski definition) is 2. The highest BCUT2D eigenvalue weighted by Gasteiger charge is 2.24. The lowest BCUT2D eigenvalue weighted by Gasteiger charge is -2.33. The molecule has 2 nitrogen and oxygen atoms in total. The molecule has 2 heteroatoms. The fraction of sp³-hybridized carbons (Fsp3) is 0.625. The highest BCUT2D eigenvalue weighted by molar-refractivity contribution is 5.17. The maximum Gasteiger partial charge on any atom is 0.0914 e. The summed E-state index contributed by atoms with van der Waals surface area (Å²) in [6.07, 6.45) is 3.40. The van der Waals surface area contributed by atoms with E-state index in [1.54, 1.807) is 0 Å². The minimum atomic E-state index is -0.388. The van der Waals surface area contributed by atoms with Crippen LogP contribution in [0.1, 0.15) is 44.8 Å². The van der Waals surface area contributed by atoms with Gasteiger partial charge in [-0.3, -0.25) is 0 Å². The number of rotatable bonds is 4. The quantitative estimate of drug-likeness (QED) is 0.856. The van der Waals surface area contributed by atoms with Crippen LogP contribution in [0.15, 0.2) is 30.3 Å². The molecule has 1 aliphatic rings. The van der Waals surface area contributed by atoms with E-state index < -0.39 is 0 Å². The average Bonchev–Trinajstić information content (AvgIpc) is 2.41. The van der Waals surface area contributed by atoms with Gasteiger partial charge in [-0.15, -0.1) is 0 Å². The number of hydrogen-bond acceptors (Lipinski definition) is 2. The first-order valence-corrected chi connectivity index (χ1v) is 7.13. The van der Waals surface area contributed by atoms with Crippen LogP contribution in [-0.4, -0.2) is 17.7 Å². The second-order valence-electron chi connectivity index (χ2n) is 5.80. The lowest BCUT2D eigenvalue weighted by atomic mass is 9.79. The van der Waals surface area contributed by atoms with E-state index in [0.717, 1.165) is 17.4 Å². The lowest BCUT2D eigenvalue weighted by Crippen LogP contribution is -2.38. The molecule has 0 bridgehead atoms. The van der Waals surface area contributed by atoms with Gasteiger partial charge >= 0.3 is 0 Å². The molecule has 2 rings (SSSR count). The Bertz CT molecular complexity index is 351. The molecule has 1 aliphatic carbocycles. The van der Waals surface area contributed by atoms with Crippen LogP contribution in [0.4, 0.5) is 0 Å². The van der Waals surface area contributed by atoms with Crippen LogP contribution < -0.4 is 5.32 Å². The first kappa shape index (κ1) is 13.6. The summed E-state index contributed by atoms with van der Waals surface area (Å²) in [5, 5.41) is 13.6. The van der Waals surface area contributed by atoms with Gasteiger partial charge in [0.25, 0.3) is 0 Å². The maximum absolute atomic E-state index is 10.1. The summed E-state index contributed by atoms with van der Waals surface area (Å²) >= 11 is 0. The highest BCUT2D eigenvalue weighted by Crippen LogP contribution is 2.29. The second-order valence-corrected chi connectivity index (χ2v) is 5.80. The molecular formula is C16H25NO. The summed E-state index contributed by atoms with van der Waals surface area (Å²) in [7, 11) is 0. The second kappa shape index (κ2) is 6.35. The van der Waals surface area contributed by atoms with Gasteiger partial charge in [-0.25, -0.2) is 0 Å². The fourth-order valence-corrected chi connectivity index (χ4v) is 2.80. The van der Waals surface area contributed by atoms with Gasteiger partial charge < -0.3 is 10.4 Å². The topological polar surface area (TPSA) is 32.3 Å². The molecule has 4 unspecified atom stereocenters. The minimum absolute atomic E-state index is 0.388. The molecule has 0 heterocycles. The van der Waals surface area contributed by atoms with Crippen molar-refractivity contribution in [3.8, 4) is 0 Å². The van der Waals surface area contributed by atoms with Crippen molar-refractivity contribution in [2.24, 2.45) is 11.8 Å². The van der Waals surface area contributed by atoms with E-state index in [2.05, 4.69) is 19.2 Å². The van der Waals surface area contributed by atoms with Crippen molar-refractivity contribution in [3.05, 3.63) is 35.9 Å². The maximum atomic E-state index is 10.1. The van der Waals surface area contributed by atoms with Crippen molar-refractivity contribution in [3.63, 3.8) is 0 Å². The van der Waals surface area contributed by atoms with Crippen LogP contribution in [0.3, 0.4) is 0 Å². The fourth-order valence-electron chi connectivity index (χ4n) is 2.80. The first-order chi connectivity index (χ1) is 8.66. The van der Waals surface area contributed by atoms with Crippen LogP contribution in [0.2, 0.25) is 0 Å². The van der Waals surface area contributed by atoms with Gasteiger partial charge in [-0.05, 0) is 36.7 Å². The summed E-state index contributed by atoms with van der Waals surface area (Å²) in [6, 6.07) is 10.5. The van der Waals surface area contributed by atoms with Gasteiger partial charge in [-0.1, -0.05) is 44.2 Å². The van der Waals surface area contributed by atoms with Crippen LogP contribution in [0.25, 0.3) is 0 Å². The van der Waals surface area contributed by atoms with Gasteiger partial charge in [0, 0.05) is 12.6 Å². The molecule has 0 amide bonds. The standard InChI is InChI=1S/C16H25NO/c1-12-8-9-15(10-13(12)2)17-11-16(18)14-6-4-3-5-7-14/h3-7,12-13,15-18H,8-11H2,1-2H3. The first-order valence-electron chi connectivity index (χ1n) is 7.13. The molecular weight excluding hydrogens is 222 g/mol. The van der Waals surface area contributed by atoms with E-state index in [4.69, 9.17) is 0 Å². The number of benzene rings is 1. The third kappa shape index (κ3) is 3.56. The predicted octanol–water partition coefficient (Wildman–Crippen LogP) is 3.13. The number of aliphatic hydroxyl groups is 1. The van der Waals surface area contributed by atoms with Crippen LogP contribution in [0, 0.1) is 11.8 Å². The van der Waals surface area contributed by atoms with Crippen molar-refractivity contribution in [2.75, 3.05) is 6.54 Å². The zero-order valence-electron chi connectivity index (χ0n) is 11.5. The molecule has 0 radical (unpaired) electrons. The molecule has 2 N–H and O–H groups in total. The Labute approximate surface area is 110 Å². The monoisotopic (exact) mass is 247 g/mol. The molecule has 1 saturated carbocycles. The molecule has 1 fully saturated rings. The largest absolute Gasteiger partial charge is 0.387 e. The van der Waals surface area contributed by atoms with E-state index >= 15 is 0 Å². The Balaban J connectivity index is 1.78. The molecule has 0 aliphatic heterocycles. The summed E-state index contributed by atoms with van der Waals surface area (Å²) in [4.78, 5) is 0. The Kier molecular flexibility index (Phi) is 4.79. The average molecular weight is 247 g/mol. The van der Waals surface area contributed by atoms with E-state index in [-0.39, 0.29) is 6.10 Å². The third-order valence-electron chi connectivity index (χ3n) is 4.38. The van der Waals surface area contributed by atoms with Crippen LogP contribution >= 0.6 is 0 Å². The normalized spacial score (nSPS) is 30.1. The molecule has 0 spiro atoms. The van der Waals surface area contributed by atoms with E-state index in [9.17, 15) is 5.11 Å². The Hall–Kier alpha value is -0.860. The van der Waals surface area contributed by atoms with Crippen molar-refractivity contribution < 1.29 is 5.11 Å². The zero-order chi connectivity index (χ0) is 13.0. The smallest absolute Gasteiger partial charge is 0.0914 e. The van der Waals surface area contributed by atoms with Crippen molar-refractivity contribution in [1.29, 1.82) is 0 Å². The summed E-state index contributed by atoms with van der Waals surface area (Å²) in [5.41, 5.74) is 1.00. The molecule has 1 aromatic carbocycles. The van der Waals surface area contributed by atoms with Crippen LogP contribution in [-0.2, 0) is 0 Å². The molecule has 0 saturated heterocycles. The lowest BCUT2D eigenvalue weighted by molar-refractivity contribution is 0.154. The molecule has 4 atom stereocenters. The van der Waals surface area contributed by atoms with Crippen molar-refractivity contribution >= 4 is 0 Å². The van der Waals surface area contributed by atoms with E-state index in [1.807, 2.05) is 30.3 Å². The van der Waals surface area contributed by atoms with Gasteiger partial charge in [0.15, 0.2) is 0 Å². The summed E-state index contributed by atoms with van der Waals surface area (Å²) in [5.74, 6) is 1.65. The van der Waals surface area contributed by atoms with Crippen LogP contribution in [0.5, 0.6) is 0 Å². The molecule has 1 aromatic rings. The Morgan fingerprint density at radius 1 is 1.17 bits per heavy atom. The third-order valence-corrected chi connectivity index (χ3v) is 4.38. The van der Waals surface area contributed by atoms with Gasteiger partial charge in [0.05, 0.1) is 6.10 Å². The van der Waals surface area contributed by atoms with Crippen molar-refractivity contribution in [1.82, 2.24) is 5.32 Å². The molecule has 18 heavy (non-hydrogen) atoms. The molecule has 100 valence electrons. The number of nitrogens with one attached hydrogen (secondary N) is 1. The Morgan fingerprint density at radius 2 is 1.89 bits per heavy atom. The summed E-state index contributed by atoms with van der Waals surface area (Å²) in [6.45, 7) is 5.35.